The molecule has 4 nitrogen and oxygen atoms in total. The average molecular weight is 293 g/mol. The molecule has 0 aromatic rings. The van der Waals surface area contributed by atoms with E-state index in [0.29, 0.717) is 19.4 Å². The molecule has 2 atom stereocenters. The van der Waals surface area contributed by atoms with E-state index in [9.17, 15) is 9.59 Å². The first kappa shape index (κ1) is 17.7. The molecule has 0 saturated carbocycles. The van der Waals surface area contributed by atoms with Crippen LogP contribution in [0.4, 0.5) is 0 Å². The zero-order valence-electron chi connectivity index (χ0n) is 13.1. The van der Waals surface area contributed by atoms with Crippen LogP contribution < -0.4 is 0 Å². The van der Waals surface area contributed by atoms with Gasteiger partial charge in [0.1, 0.15) is 11.7 Å². The van der Waals surface area contributed by atoms with Crippen LogP contribution >= 0.6 is 0 Å². The number of hydrogen-bond donors (Lipinski definition) is 0. The van der Waals surface area contributed by atoms with Gasteiger partial charge in [0, 0.05) is 18.8 Å². The number of carbonyl (C=O) groups excluding carboxylic acids is 2. The SMILES string of the molecule is CC(C#N)CCCCCCCCCC(=O)C1CCOC1=O. The Balaban J connectivity index is 1.90. The molecule has 1 aliphatic rings. The molecule has 0 spiro atoms. The van der Waals surface area contributed by atoms with Gasteiger partial charge in [-0.25, -0.2) is 0 Å². The number of nitriles is 1. The van der Waals surface area contributed by atoms with Crippen molar-refractivity contribution in [2.24, 2.45) is 11.8 Å². The highest BCUT2D eigenvalue weighted by atomic mass is 16.5. The molecule has 118 valence electrons. The van der Waals surface area contributed by atoms with E-state index in [1.165, 1.54) is 19.3 Å². The molecule has 2 unspecified atom stereocenters. The van der Waals surface area contributed by atoms with Crippen molar-refractivity contribution in [2.45, 2.75) is 71.1 Å². The third-order valence-electron chi connectivity index (χ3n) is 4.10. The van der Waals surface area contributed by atoms with Crippen LogP contribution in [-0.4, -0.2) is 18.4 Å². The van der Waals surface area contributed by atoms with Gasteiger partial charge in [0.2, 0.25) is 0 Å². The first-order valence-corrected chi connectivity index (χ1v) is 8.24. The fourth-order valence-corrected chi connectivity index (χ4v) is 2.66. The van der Waals surface area contributed by atoms with Crippen molar-refractivity contribution < 1.29 is 14.3 Å². The van der Waals surface area contributed by atoms with Crippen LogP contribution in [0.15, 0.2) is 0 Å². The van der Waals surface area contributed by atoms with Crippen LogP contribution in [0.25, 0.3) is 0 Å². The third kappa shape index (κ3) is 7.27. The molecule has 1 saturated heterocycles. The summed E-state index contributed by atoms with van der Waals surface area (Å²) in [4.78, 5) is 23.1. The van der Waals surface area contributed by atoms with Crippen molar-refractivity contribution >= 4 is 11.8 Å². The fraction of sp³-hybridized carbons (Fsp3) is 0.824. The number of unbranched alkanes of at least 4 members (excludes halogenated alkanes) is 6. The zero-order valence-corrected chi connectivity index (χ0v) is 13.1. The number of carbonyl (C=O) groups is 2. The van der Waals surface area contributed by atoms with Crippen molar-refractivity contribution in [3.05, 3.63) is 0 Å². The summed E-state index contributed by atoms with van der Waals surface area (Å²) in [7, 11) is 0. The Labute approximate surface area is 127 Å². The standard InChI is InChI=1S/C17H27NO3/c1-14(13-18)9-7-5-3-2-4-6-8-10-16(19)15-11-12-21-17(15)20/h14-15H,2-12H2,1H3. The van der Waals surface area contributed by atoms with Crippen LogP contribution in [-0.2, 0) is 14.3 Å². The van der Waals surface area contributed by atoms with Crippen molar-refractivity contribution in [1.82, 2.24) is 0 Å². The maximum atomic E-state index is 11.8. The number of ketones is 1. The maximum absolute atomic E-state index is 11.8. The fourth-order valence-electron chi connectivity index (χ4n) is 2.66. The van der Waals surface area contributed by atoms with Gasteiger partial charge in [0.25, 0.3) is 0 Å². The van der Waals surface area contributed by atoms with Gasteiger partial charge >= 0.3 is 5.97 Å². The molecule has 0 aromatic carbocycles. The highest BCUT2D eigenvalue weighted by molar-refractivity contribution is 5.99. The normalized spacial score (nSPS) is 19.0. The Hall–Kier alpha value is -1.37. The topological polar surface area (TPSA) is 67.2 Å². The molecular weight excluding hydrogens is 266 g/mol. The number of hydrogen-bond acceptors (Lipinski definition) is 4. The molecule has 0 radical (unpaired) electrons. The summed E-state index contributed by atoms with van der Waals surface area (Å²) >= 11 is 0. The molecule has 0 aromatic heterocycles. The molecule has 1 heterocycles. The van der Waals surface area contributed by atoms with Gasteiger partial charge in [-0.2, -0.15) is 5.26 Å². The van der Waals surface area contributed by atoms with Crippen molar-refractivity contribution in [3.63, 3.8) is 0 Å². The summed E-state index contributed by atoms with van der Waals surface area (Å²) in [6, 6.07) is 2.26. The quantitative estimate of drug-likeness (QED) is 0.330. The van der Waals surface area contributed by atoms with Gasteiger partial charge in [0.15, 0.2) is 0 Å². The molecular formula is C17H27NO3. The molecule has 0 N–H and O–H groups in total. The number of ether oxygens (including phenoxy) is 1. The van der Waals surface area contributed by atoms with Crippen molar-refractivity contribution in [1.29, 1.82) is 5.26 Å². The summed E-state index contributed by atoms with van der Waals surface area (Å²) < 4.78 is 4.81. The second kappa shape index (κ2) is 10.4. The van der Waals surface area contributed by atoms with Crippen LogP contribution in [0.1, 0.15) is 71.1 Å². The van der Waals surface area contributed by atoms with Gasteiger partial charge in [0.05, 0.1) is 12.7 Å². The van der Waals surface area contributed by atoms with E-state index in [4.69, 9.17) is 10.00 Å². The lowest BCUT2D eigenvalue weighted by molar-refractivity contribution is -0.144. The van der Waals surface area contributed by atoms with E-state index in [-0.39, 0.29) is 17.7 Å². The Kier molecular flexibility index (Phi) is 8.73. The summed E-state index contributed by atoms with van der Waals surface area (Å²) in [5.74, 6) is -0.569. The van der Waals surface area contributed by atoms with Crippen LogP contribution in [0.2, 0.25) is 0 Å². The molecule has 4 heteroatoms. The lowest BCUT2D eigenvalue weighted by Crippen LogP contribution is -2.18. The maximum Gasteiger partial charge on any atom is 0.316 e. The van der Waals surface area contributed by atoms with E-state index >= 15 is 0 Å². The second-order valence-corrected chi connectivity index (χ2v) is 6.02. The van der Waals surface area contributed by atoms with Crippen molar-refractivity contribution in [2.75, 3.05) is 6.61 Å². The monoisotopic (exact) mass is 293 g/mol. The molecule has 1 rings (SSSR count). The first-order chi connectivity index (χ1) is 10.1. The number of esters is 1. The minimum atomic E-state index is -0.480. The molecule has 21 heavy (non-hydrogen) atoms. The summed E-state index contributed by atoms with van der Waals surface area (Å²) in [6.07, 6.45) is 9.91. The predicted octanol–water partition coefficient (Wildman–Crippen LogP) is 3.79. The molecule has 0 amide bonds. The molecule has 0 bridgehead atoms. The van der Waals surface area contributed by atoms with E-state index in [1.54, 1.807) is 0 Å². The average Bonchev–Trinajstić information content (AvgIpc) is 2.91. The van der Waals surface area contributed by atoms with Gasteiger partial charge in [-0.15, -0.1) is 0 Å². The molecule has 0 aliphatic carbocycles. The van der Waals surface area contributed by atoms with Crippen LogP contribution in [0.5, 0.6) is 0 Å². The molecule has 1 fully saturated rings. The minimum absolute atomic E-state index is 0.0583. The summed E-state index contributed by atoms with van der Waals surface area (Å²) in [6.45, 7) is 2.37. The summed E-state index contributed by atoms with van der Waals surface area (Å²) in [5.41, 5.74) is 0. The van der Waals surface area contributed by atoms with Crippen LogP contribution in [0.3, 0.4) is 0 Å². The van der Waals surface area contributed by atoms with E-state index in [1.807, 2.05) is 6.92 Å². The van der Waals surface area contributed by atoms with E-state index in [0.717, 1.165) is 32.1 Å². The summed E-state index contributed by atoms with van der Waals surface area (Å²) in [5, 5.41) is 8.67. The minimum Gasteiger partial charge on any atom is -0.465 e. The number of Topliss-reactive ketones (excluding diaryl/α,β-unsaturated/α-hetero) is 1. The van der Waals surface area contributed by atoms with E-state index in [2.05, 4.69) is 6.07 Å². The number of rotatable bonds is 11. The van der Waals surface area contributed by atoms with Crippen molar-refractivity contribution in [3.8, 4) is 6.07 Å². The Morgan fingerprint density at radius 3 is 2.43 bits per heavy atom. The predicted molar refractivity (Wildman–Crippen MR) is 80.4 cm³/mol. The van der Waals surface area contributed by atoms with Gasteiger partial charge in [-0.05, 0) is 19.8 Å². The Morgan fingerprint density at radius 1 is 1.24 bits per heavy atom. The zero-order chi connectivity index (χ0) is 15.5. The third-order valence-corrected chi connectivity index (χ3v) is 4.10. The molecule has 1 aliphatic heterocycles. The lowest BCUT2D eigenvalue weighted by Gasteiger charge is -2.05. The van der Waals surface area contributed by atoms with Crippen LogP contribution in [0, 0.1) is 23.2 Å². The van der Waals surface area contributed by atoms with E-state index < -0.39 is 5.92 Å². The smallest absolute Gasteiger partial charge is 0.316 e. The van der Waals surface area contributed by atoms with Gasteiger partial charge in [-0.3, -0.25) is 9.59 Å². The second-order valence-electron chi connectivity index (χ2n) is 6.02. The van der Waals surface area contributed by atoms with Gasteiger partial charge in [-0.1, -0.05) is 38.5 Å². The highest BCUT2D eigenvalue weighted by Crippen LogP contribution is 2.19. The Morgan fingerprint density at radius 2 is 1.86 bits per heavy atom. The highest BCUT2D eigenvalue weighted by Gasteiger charge is 2.32. The largest absolute Gasteiger partial charge is 0.465 e. The number of cyclic esters (lactones) is 1. The van der Waals surface area contributed by atoms with Gasteiger partial charge < -0.3 is 4.74 Å². The number of nitrogens with zero attached hydrogens (tertiary/aromatic N) is 1. The first-order valence-electron chi connectivity index (χ1n) is 8.24. The Bertz CT molecular complexity index is 373. The lowest BCUT2D eigenvalue weighted by atomic mass is 9.97.